The monoisotopic (exact) mass is 277 g/mol. The summed E-state index contributed by atoms with van der Waals surface area (Å²) in [6.45, 7) is 0. The SMILES string of the molecule is Nc1cccc(CSc2ccccc2F)c1C(=O)O. The first kappa shape index (κ1) is 13.4. The van der Waals surface area contributed by atoms with E-state index in [-0.39, 0.29) is 17.1 Å². The molecule has 0 bridgehead atoms. The van der Waals surface area contributed by atoms with Gasteiger partial charge in [0.25, 0.3) is 0 Å². The standard InChI is InChI=1S/C14H12FNO2S/c15-10-5-1-2-7-12(10)19-8-9-4-3-6-11(16)13(9)14(17)18/h1-7H,8,16H2,(H,17,18). The highest BCUT2D eigenvalue weighted by Gasteiger charge is 2.14. The average Bonchev–Trinajstić information content (AvgIpc) is 2.37. The molecule has 2 rings (SSSR count). The van der Waals surface area contributed by atoms with Gasteiger partial charge in [0.05, 0.1) is 5.56 Å². The van der Waals surface area contributed by atoms with Crippen molar-refractivity contribution in [2.75, 3.05) is 5.73 Å². The summed E-state index contributed by atoms with van der Waals surface area (Å²) < 4.78 is 13.5. The maximum absolute atomic E-state index is 13.5. The summed E-state index contributed by atoms with van der Waals surface area (Å²) in [6, 6.07) is 11.3. The van der Waals surface area contributed by atoms with Crippen LogP contribution >= 0.6 is 11.8 Å². The Morgan fingerprint density at radius 2 is 1.95 bits per heavy atom. The van der Waals surface area contributed by atoms with Crippen molar-refractivity contribution in [3.63, 3.8) is 0 Å². The molecule has 0 aliphatic carbocycles. The first-order chi connectivity index (χ1) is 9.09. The summed E-state index contributed by atoms with van der Waals surface area (Å²) in [5, 5.41) is 9.13. The number of hydrogen-bond acceptors (Lipinski definition) is 3. The van der Waals surface area contributed by atoms with Crippen LogP contribution in [-0.2, 0) is 5.75 Å². The molecule has 0 heterocycles. The van der Waals surface area contributed by atoms with E-state index in [0.717, 1.165) is 0 Å². The second-order valence-electron chi connectivity index (χ2n) is 3.91. The van der Waals surface area contributed by atoms with E-state index >= 15 is 0 Å². The Labute approximate surface area is 114 Å². The van der Waals surface area contributed by atoms with E-state index in [1.54, 1.807) is 36.4 Å². The molecule has 0 unspecified atom stereocenters. The minimum absolute atomic E-state index is 0.0892. The molecule has 2 aromatic rings. The smallest absolute Gasteiger partial charge is 0.338 e. The fraction of sp³-hybridized carbons (Fsp3) is 0.0714. The molecule has 3 nitrogen and oxygen atoms in total. The maximum Gasteiger partial charge on any atom is 0.338 e. The number of aromatic carboxylic acids is 1. The number of hydrogen-bond donors (Lipinski definition) is 2. The van der Waals surface area contributed by atoms with Gasteiger partial charge in [0.15, 0.2) is 0 Å². The summed E-state index contributed by atoms with van der Waals surface area (Å²) in [6.07, 6.45) is 0. The molecular weight excluding hydrogens is 265 g/mol. The number of nitrogens with two attached hydrogens (primary N) is 1. The number of thioether (sulfide) groups is 1. The van der Waals surface area contributed by atoms with Crippen molar-refractivity contribution in [1.82, 2.24) is 0 Å². The molecule has 0 spiro atoms. The van der Waals surface area contributed by atoms with E-state index < -0.39 is 5.97 Å². The van der Waals surface area contributed by atoms with Crippen LogP contribution in [0.5, 0.6) is 0 Å². The van der Waals surface area contributed by atoms with Gasteiger partial charge >= 0.3 is 5.97 Å². The number of halogens is 1. The lowest BCUT2D eigenvalue weighted by molar-refractivity contribution is 0.0697. The van der Waals surface area contributed by atoms with Crippen LogP contribution in [0.25, 0.3) is 0 Å². The molecule has 0 radical (unpaired) electrons. The van der Waals surface area contributed by atoms with Crippen LogP contribution in [-0.4, -0.2) is 11.1 Å². The van der Waals surface area contributed by atoms with Crippen LogP contribution in [0.1, 0.15) is 15.9 Å². The van der Waals surface area contributed by atoms with Crippen molar-refractivity contribution >= 4 is 23.4 Å². The van der Waals surface area contributed by atoms with E-state index in [1.807, 2.05) is 0 Å². The van der Waals surface area contributed by atoms with Gasteiger partial charge in [-0.2, -0.15) is 0 Å². The zero-order valence-electron chi connectivity index (χ0n) is 9.97. The first-order valence-electron chi connectivity index (χ1n) is 5.57. The number of anilines is 1. The summed E-state index contributed by atoms with van der Waals surface area (Å²) in [5.74, 6) is -1.02. The Balaban J connectivity index is 2.23. The predicted molar refractivity (Wildman–Crippen MR) is 73.8 cm³/mol. The third-order valence-electron chi connectivity index (χ3n) is 2.62. The van der Waals surface area contributed by atoms with Gasteiger partial charge in [0, 0.05) is 16.3 Å². The Morgan fingerprint density at radius 3 is 2.63 bits per heavy atom. The summed E-state index contributed by atoms with van der Waals surface area (Å²) in [4.78, 5) is 11.6. The molecule has 3 N–H and O–H groups in total. The number of benzene rings is 2. The Hall–Kier alpha value is -2.01. The highest BCUT2D eigenvalue weighted by molar-refractivity contribution is 7.98. The molecule has 98 valence electrons. The van der Waals surface area contributed by atoms with Crippen molar-refractivity contribution in [3.05, 3.63) is 59.4 Å². The molecule has 0 saturated carbocycles. The zero-order valence-corrected chi connectivity index (χ0v) is 10.8. The van der Waals surface area contributed by atoms with Crippen molar-refractivity contribution < 1.29 is 14.3 Å². The highest BCUT2D eigenvalue weighted by Crippen LogP contribution is 2.28. The van der Waals surface area contributed by atoms with E-state index in [0.29, 0.717) is 16.2 Å². The van der Waals surface area contributed by atoms with Gasteiger partial charge in [-0.15, -0.1) is 11.8 Å². The topological polar surface area (TPSA) is 63.3 Å². The number of nitrogen functional groups attached to an aromatic ring is 1. The maximum atomic E-state index is 13.5. The third kappa shape index (κ3) is 3.06. The van der Waals surface area contributed by atoms with Crippen LogP contribution < -0.4 is 5.73 Å². The lowest BCUT2D eigenvalue weighted by Crippen LogP contribution is -2.06. The molecule has 0 atom stereocenters. The average molecular weight is 277 g/mol. The molecule has 5 heteroatoms. The Morgan fingerprint density at radius 1 is 1.21 bits per heavy atom. The Kier molecular flexibility index (Phi) is 4.06. The van der Waals surface area contributed by atoms with Gasteiger partial charge in [-0.05, 0) is 23.8 Å². The van der Waals surface area contributed by atoms with Crippen LogP contribution in [0.2, 0.25) is 0 Å². The summed E-state index contributed by atoms with van der Waals surface area (Å²) in [5.41, 5.74) is 6.55. The molecule has 0 aliphatic heterocycles. The first-order valence-corrected chi connectivity index (χ1v) is 6.56. The van der Waals surface area contributed by atoms with Crippen LogP contribution in [0.3, 0.4) is 0 Å². The van der Waals surface area contributed by atoms with Crippen molar-refractivity contribution in [1.29, 1.82) is 0 Å². The van der Waals surface area contributed by atoms with Gasteiger partial charge in [-0.3, -0.25) is 0 Å². The minimum atomic E-state index is -1.07. The lowest BCUT2D eigenvalue weighted by Gasteiger charge is -2.08. The van der Waals surface area contributed by atoms with Crippen molar-refractivity contribution in [2.24, 2.45) is 0 Å². The fourth-order valence-electron chi connectivity index (χ4n) is 1.72. The molecule has 0 saturated heterocycles. The van der Waals surface area contributed by atoms with Crippen LogP contribution in [0, 0.1) is 5.82 Å². The summed E-state index contributed by atoms with van der Waals surface area (Å²) >= 11 is 1.25. The molecule has 0 amide bonds. The van der Waals surface area contributed by atoms with Crippen LogP contribution in [0.4, 0.5) is 10.1 Å². The highest BCUT2D eigenvalue weighted by atomic mass is 32.2. The van der Waals surface area contributed by atoms with Gasteiger partial charge in [-0.25, -0.2) is 9.18 Å². The van der Waals surface area contributed by atoms with Gasteiger partial charge < -0.3 is 10.8 Å². The predicted octanol–water partition coefficient (Wildman–Crippen LogP) is 3.40. The van der Waals surface area contributed by atoms with Crippen LogP contribution in [0.15, 0.2) is 47.4 Å². The van der Waals surface area contributed by atoms with E-state index in [9.17, 15) is 9.18 Å². The third-order valence-corrected chi connectivity index (χ3v) is 3.71. The van der Waals surface area contributed by atoms with Gasteiger partial charge in [-0.1, -0.05) is 24.3 Å². The van der Waals surface area contributed by atoms with Crippen molar-refractivity contribution in [3.8, 4) is 0 Å². The Bertz CT molecular complexity index is 616. The molecule has 0 fully saturated rings. The molecular formula is C14H12FNO2S. The molecule has 0 aromatic heterocycles. The molecule has 0 aliphatic rings. The normalized spacial score (nSPS) is 10.4. The second-order valence-corrected chi connectivity index (χ2v) is 4.92. The lowest BCUT2D eigenvalue weighted by atomic mass is 10.1. The second kappa shape index (κ2) is 5.75. The van der Waals surface area contributed by atoms with Gasteiger partial charge in [0.1, 0.15) is 5.82 Å². The fourth-order valence-corrected chi connectivity index (χ4v) is 2.65. The molecule has 19 heavy (non-hydrogen) atoms. The minimum Gasteiger partial charge on any atom is -0.478 e. The van der Waals surface area contributed by atoms with Crippen molar-refractivity contribution in [2.45, 2.75) is 10.6 Å². The summed E-state index contributed by atoms with van der Waals surface area (Å²) in [7, 11) is 0. The van der Waals surface area contributed by atoms with E-state index in [1.165, 1.54) is 17.8 Å². The zero-order chi connectivity index (χ0) is 13.8. The number of rotatable bonds is 4. The molecule has 2 aromatic carbocycles. The number of carboxylic acid groups (broad SMARTS) is 1. The number of carboxylic acids is 1. The largest absolute Gasteiger partial charge is 0.478 e. The van der Waals surface area contributed by atoms with Gasteiger partial charge in [0.2, 0.25) is 0 Å². The van der Waals surface area contributed by atoms with E-state index in [4.69, 9.17) is 10.8 Å². The number of carbonyl (C=O) groups is 1. The quantitative estimate of drug-likeness (QED) is 0.664. The van der Waals surface area contributed by atoms with E-state index in [2.05, 4.69) is 0 Å².